The highest BCUT2D eigenvalue weighted by Crippen LogP contribution is 2.37. The van der Waals surface area contributed by atoms with Crippen LogP contribution in [0.3, 0.4) is 0 Å². The van der Waals surface area contributed by atoms with E-state index in [9.17, 15) is 0 Å². The zero-order valence-electron chi connectivity index (χ0n) is 13.1. The quantitative estimate of drug-likeness (QED) is 0.937. The lowest BCUT2D eigenvalue weighted by Gasteiger charge is -2.39. The lowest BCUT2D eigenvalue weighted by Crippen LogP contribution is -2.44. The van der Waals surface area contributed by atoms with E-state index in [2.05, 4.69) is 25.2 Å². The molecule has 4 rings (SSSR count). The van der Waals surface area contributed by atoms with Crippen molar-refractivity contribution in [1.82, 2.24) is 15.0 Å². The van der Waals surface area contributed by atoms with E-state index in [4.69, 9.17) is 4.74 Å². The van der Waals surface area contributed by atoms with Gasteiger partial charge in [-0.15, -0.1) is 0 Å². The second kappa shape index (κ2) is 6.12. The number of hydrogen-bond acceptors (Lipinski definition) is 6. The minimum Gasteiger partial charge on any atom is -0.373 e. The molecule has 0 bridgehead atoms. The van der Waals surface area contributed by atoms with Crippen LogP contribution in [-0.4, -0.2) is 46.3 Å². The molecule has 0 amide bonds. The molecule has 2 aromatic rings. The highest BCUT2D eigenvalue weighted by molar-refractivity contribution is 5.37. The van der Waals surface area contributed by atoms with Gasteiger partial charge in [-0.05, 0) is 31.4 Å². The lowest BCUT2D eigenvalue weighted by molar-refractivity contribution is -0.0148. The number of anilines is 2. The summed E-state index contributed by atoms with van der Waals surface area (Å²) in [6.45, 7) is 2.69. The first-order valence-corrected chi connectivity index (χ1v) is 8.16. The highest BCUT2D eigenvalue weighted by atomic mass is 16.5. The molecule has 2 aromatic heterocycles. The predicted octanol–water partition coefficient (Wildman–Crippen LogP) is 2.11. The van der Waals surface area contributed by atoms with Gasteiger partial charge in [0.05, 0.1) is 24.4 Å². The largest absolute Gasteiger partial charge is 0.373 e. The Balaban J connectivity index is 1.35. The summed E-state index contributed by atoms with van der Waals surface area (Å²) in [6, 6.07) is 6.27. The van der Waals surface area contributed by atoms with Crippen LogP contribution in [0.2, 0.25) is 0 Å². The summed E-state index contributed by atoms with van der Waals surface area (Å²) >= 11 is 0. The van der Waals surface area contributed by atoms with Crippen LogP contribution >= 0.6 is 0 Å². The third kappa shape index (κ3) is 3.12. The Kier molecular flexibility index (Phi) is 3.83. The molecule has 2 aliphatic rings. The van der Waals surface area contributed by atoms with Crippen molar-refractivity contribution in [3.8, 4) is 0 Å². The molecule has 2 aliphatic heterocycles. The third-order valence-corrected chi connectivity index (χ3v) is 4.77. The number of aromatic nitrogens is 3. The Morgan fingerprint density at radius 3 is 2.78 bits per heavy atom. The van der Waals surface area contributed by atoms with Crippen molar-refractivity contribution in [1.29, 1.82) is 0 Å². The average Bonchev–Trinajstić information content (AvgIpc) is 2.99. The molecule has 0 aromatic carbocycles. The Hall–Kier alpha value is -2.21. The van der Waals surface area contributed by atoms with Gasteiger partial charge in [-0.1, -0.05) is 6.07 Å². The molecule has 6 heteroatoms. The molecule has 23 heavy (non-hydrogen) atoms. The van der Waals surface area contributed by atoms with Gasteiger partial charge in [-0.2, -0.15) is 0 Å². The van der Waals surface area contributed by atoms with Crippen LogP contribution in [0, 0.1) is 0 Å². The van der Waals surface area contributed by atoms with Crippen LogP contribution < -0.4 is 10.2 Å². The maximum absolute atomic E-state index is 6.20. The third-order valence-electron chi connectivity index (χ3n) is 4.77. The molecular formula is C17H21N5O. The van der Waals surface area contributed by atoms with Gasteiger partial charge in [-0.25, -0.2) is 9.97 Å². The Morgan fingerprint density at radius 2 is 2.04 bits per heavy atom. The second-order valence-corrected chi connectivity index (χ2v) is 6.31. The zero-order valence-corrected chi connectivity index (χ0v) is 13.1. The fraction of sp³-hybridized carbons (Fsp3) is 0.471. The van der Waals surface area contributed by atoms with Gasteiger partial charge in [-0.3, -0.25) is 4.98 Å². The van der Waals surface area contributed by atoms with Crippen LogP contribution in [0.4, 0.5) is 11.6 Å². The smallest absolute Gasteiger partial charge is 0.147 e. The van der Waals surface area contributed by atoms with Crippen LogP contribution in [0.5, 0.6) is 0 Å². The van der Waals surface area contributed by atoms with Crippen molar-refractivity contribution in [2.45, 2.75) is 30.9 Å². The maximum Gasteiger partial charge on any atom is 0.147 e. The molecule has 4 heterocycles. The first kappa shape index (κ1) is 14.4. The topological polar surface area (TPSA) is 63.2 Å². The molecule has 0 saturated carbocycles. The molecule has 2 saturated heterocycles. The Bertz CT molecular complexity index is 628. The number of pyridine rings is 1. The average molecular weight is 311 g/mol. The van der Waals surface area contributed by atoms with Gasteiger partial charge >= 0.3 is 0 Å². The summed E-state index contributed by atoms with van der Waals surface area (Å²) in [6.07, 6.45) is 10.2. The van der Waals surface area contributed by atoms with Gasteiger partial charge in [0.25, 0.3) is 0 Å². The molecule has 1 unspecified atom stereocenters. The number of ether oxygens (including phenoxy) is 1. The molecule has 2 fully saturated rings. The minimum atomic E-state index is 0.00512. The summed E-state index contributed by atoms with van der Waals surface area (Å²) in [7, 11) is 0. The molecule has 1 spiro atoms. The van der Waals surface area contributed by atoms with Crippen molar-refractivity contribution in [2.24, 2.45) is 0 Å². The molecule has 0 aliphatic carbocycles. The number of nitrogens with one attached hydrogen (secondary N) is 1. The number of piperidine rings is 1. The maximum atomic E-state index is 6.20. The SMILES string of the molecule is c1ccc(NC2COC3(CCN(c4cnccn4)CC3)C2)nc1. The summed E-state index contributed by atoms with van der Waals surface area (Å²) in [4.78, 5) is 15.2. The van der Waals surface area contributed by atoms with Gasteiger partial charge in [0, 0.05) is 31.7 Å². The fourth-order valence-corrected chi connectivity index (χ4v) is 3.54. The first-order chi connectivity index (χ1) is 11.3. The summed E-state index contributed by atoms with van der Waals surface area (Å²) < 4.78 is 6.20. The van der Waals surface area contributed by atoms with Crippen molar-refractivity contribution in [3.05, 3.63) is 43.0 Å². The van der Waals surface area contributed by atoms with Gasteiger partial charge in [0.15, 0.2) is 0 Å². The van der Waals surface area contributed by atoms with E-state index >= 15 is 0 Å². The van der Waals surface area contributed by atoms with E-state index in [0.717, 1.165) is 50.6 Å². The molecular weight excluding hydrogens is 290 g/mol. The first-order valence-electron chi connectivity index (χ1n) is 8.16. The molecule has 0 radical (unpaired) electrons. The number of rotatable bonds is 3. The van der Waals surface area contributed by atoms with E-state index in [-0.39, 0.29) is 5.60 Å². The van der Waals surface area contributed by atoms with E-state index in [1.165, 1.54) is 0 Å². The van der Waals surface area contributed by atoms with E-state index in [1.807, 2.05) is 30.6 Å². The predicted molar refractivity (Wildman–Crippen MR) is 88.4 cm³/mol. The highest BCUT2D eigenvalue weighted by Gasteiger charge is 2.43. The summed E-state index contributed by atoms with van der Waals surface area (Å²) in [5, 5.41) is 3.48. The zero-order chi connectivity index (χ0) is 15.5. The Morgan fingerprint density at radius 1 is 1.13 bits per heavy atom. The van der Waals surface area contributed by atoms with Gasteiger partial charge in [0.1, 0.15) is 11.6 Å². The minimum absolute atomic E-state index is 0.00512. The number of nitrogens with zero attached hydrogens (tertiary/aromatic N) is 4. The fourth-order valence-electron chi connectivity index (χ4n) is 3.54. The van der Waals surface area contributed by atoms with Crippen molar-refractivity contribution in [3.63, 3.8) is 0 Å². The normalized spacial score (nSPS) is 23.1. The van der Waals surface area contributed by atoms with Crippen LogP contribution in [0.1, 0.15) is 19.3 Å². The standard InChI is InChI=1S/C17H21N5O/c1-2-6-19-15(3-1)21-14-11-17(23-13-14)4-9-22(10-5-17)16-12-18-7-8-20-16/h1-3,6-8,12,14H,4-5,9-11,13H2,(H,19,21). The van der Waals surface area contributed by atoms with Gasteiger partial charge in [0.2, 0.25) is 0 Å². The molecule has 1 atom stereocenters. The second-order valence-electron chi connectivity index (χ2n) is 6.31. The lowest BCUT2D eigenvalue weighted by atomic mass is 9.87. The van der Waals surface area contributed by atoms with Crippen molar-refractivity contribution >= 4 is 11.6 Å². The molecule has 1 N–H and O–H groups in total. The van der Waals surface area contributed by atoms with E-state index in [1.54, 1.807) is 12.4 Å². The summed E-state index contributed by atoms with van der Waals surface area (Å²) in [5.74, 6) is 1.89. The Labute approximate surface area is 135 Å². The van der Waals surface area contributed by atoms with Crippen molar-refractivity contribution in [2.75, 3.05) is 29.9 Å². The van der Waals surface area contributed by atoms with Crippen LogP contribution in [-0.2, 0) is 4.74 Å². The van der Waals surface area contributed by atoms with E-state index < -0.39 is 0 Å². The summed E-state index contributed by atoms with van der Waals surface area (Å²) in [5.41, 5.74) is 0.00512. The number of hydrogen-bond donors (Lipinski definition) is 1. The van der Waals surface area contributed by atoms with Crippen molar-refractivity contribution < 1.29 is 4.74 Å². The molecule has 6 nitrogen and oxygen atoms in total. The monoisotopic (exact) mass is 311 g/mol. The molecule has 120 valence electrons. The van der Waals surface area contributed by atoms with Gasteiger partial charge < -0.3 is 15.0 Å². The van der Waals surface area contributed by atoms with Crippen LogP contribution in [0.15, 0.2) is 43.0 Å². The van der Waals surface area contributed by atoms with Crippen LogP contribution in [0.25, 0.3) is 0 Å². The van der Waals surface area contributed by atoms with E-state index in [0.29, 0.717) is 6.04 Å².